The number of nitro benzene ring substituents is 1. The maximum atomic E-state index is 11.3. The van der Waals surface area contributed by atoms with Crippen LogP contribution in [-0.2, 0) is 9.53 Å². The van der Waals surface area contributed by atoms with Crippen LogP contribution in [0.3, 0.4) is 0 Å². The first-order valence-corrected chi connectivity index (χ1v) is 4.96. The number of nitro groups is 1. The fourth-order valence-corrected chi connectivity index (χ4v) is 1.61. The number of esters is 1. The molecule has 0 aromatic heterocycles. The molecule has 1 heterocycles. The second-order valence-electron chi connectivity index (χ2n) is 3.52. The van der Waals surface area contributed by atoms with Gasteiger partial charge in [0, 0.05) is 0 Å². The van der Waals surface area contributed by atoms with E-state index in [0.717, 1.165) is 7.11 Å². The van der Waals surface area contributed by atoms with Crippen LogP contribution in [-0.4, -0.2) is 24.8 Å². The fourth-order valence-electron chi connectivity index (χ4n) is 1.61. The van der Waals surface area contributed by atoms with Crippen molar-refractivity contribution in [3.8, 4) is 11.5 Å². The Labute approximate surface area is 114 Å². The molecule has 104 valence electrons. The van der Waals surface area contributed by atoms with E-state index >= 15 is 0 Å². The number of hydrogen-bond donors (Lipinski definition) is 1. The van der Waals surface area contributed by atoms with Crippen molar-refractivity contribution in [2.45, 2.75) is 6.04 Å². The first kappa shape index (κ1) is 15.0. The summed E-state index contributed by atoms with van der Waals surface area (Å²) in [5.41, 5.74) is 5.32. The molecule has 0 saturated carbocycles. The summed E-state index contributed by atoms with van der Waals surface area (Å²) in [4.78, 5) is 21.6. The van der Waals surface area contributed by atoms with Gasteiger partial charge in [-0.05, 0) is 6.07 Å². The number of fused-ring (bicyclic) bond motifs is 1. The van der Waals surface area contributed by atoms with Crippen molar-refractivity contribution in [3.05, 3.63) is 27.8 Å². The van der Waals surface area contributed by atoms with Gasteiger partial charge in [-0.1, -0.05) is 0 Å². The van der Waals surface area contributed by atoms with Gasteiger partial charge >= 0.3 is 5.97 Å². The summed E-state index contributed by atoms with van der Waals surface area (Å²) in [6.07, 6.45) is 0. The summed E-state index contributed by atoms with van der Waals surface area (Å²) in [6, 6.07) is 1.26. The van der Waals surface area contributed by atoms with Crippen LogP contribution in [0.4, 0.5) is 5.69 Å². The lowest BCUT2D eigenvalue weighted by molar-refractivity contribution is -0.385. The minimum Gasteiger partial charge on any atom is -0.468 e. The quantitative estimate of drug-likeness (QED) is 0.500. The van der Waals surface area contributed by atoms with E-state index in [1.54, 1.807) is 0 Å². The number of rotatable bonds is 3. The van der Waals surface area contributed by atoms with Crippen LogP contribution in [0.2, 0.25) is 0 Å². The Morgan fingerprint density at radius 1 is 1.47 bits per heavy atom. The SMILES string of the molecule is COC(=O)[C@H](N)c1cc2c(cc1[N+](=O)[O-])OCO2.Cl. The Kier molecular flexibility index (Phi) is 4.52. The van der Waals surface area contributed by atoms with Gasteiger partial charge < -0.3 is 19.9 Å². The summed E-state index contributed by atoms with van der Waals surface area (Å²) in [5.74, 6) is -0.200. The Hall–Kier alpha value is -2.06. The standard InChI is InChI=1S/C10H10N2O6.ClH/c1-16-10(13)9(11)5-2-7-8(18-4-17-7)3-6(5)12(14)15;/h2-3,9H,4,11H2,1H3;1H/t9-;/m1./s1. The summed E-state index contributed by atoms with van der Waals surface area (Å²) in [6.45, 7) is -0.0244. The molecule has 1 aromatic rings. The van der Waals surface area contributed by atoms with E-state index < -0.39 is 16.9 Å². The highest BCUT2D eigenvalue weighted by Gasteiger charge is 2.30. The largest absolute Gasteiger partial charge is 0.468 e. The molecule has 1 aromatic carbocycles. The van der Waals surface area contributed by atoms with E-state index in [-0.39, 0.29) is 36.2 Å². The molecule has 0 bridgehead atoms. The van der Waals surface area contributed by atoms with Gasteiger partial charge in [0.25, 0.3) is 5.69 Å². The Balaban J connectivity index is 0.00000180. The topological polar surface area (TPSA) is 114 Å². The van der Waals surface area contributed by atoms with Crippen LogP contribution in [0.25, 0.3) is 0 Å². The minimum absolute atomic E-state index is 0. The molecule has 0 fully saturated rings. The van der Waals surface area contributed by atoms with Gasteiger partial charge in [-0.2, -0.15) is 0 Å². The van der Waals surface area contributed by atoms with Crippen molar-refractivity contribution < 1.29 is 23.9 Å². The molecular formula is C10H11ClN2O6. The molecule has 2 N–H and O–H groups in total. The lowest BCUT2D eigenvalue weighted by Crippen LogP contribution is -2.23. The van der Waals surface area contributed by atoms with Gasteiger partial charge in [-0.15, -0.1) is 12.4 Å². The Morgan fingerprint density at radius 3 is 2.58 bits per heavy atom. The number of hydrogen-bond acceptors (Lipinski definition) is 7. The van der Waals surface area contributed by atoms with Crippen molar-refractivity contribution in [1.82, 2.24) is 0 Å². The average molecular weight is 291 g/mol. The number of halogens is 1. The normalized spacial score (nSPS) is 13.4. The van der Waals surface area contributed by atoms with E-state index in [9.17, 15) is 14.9 Å². The third-order valence-corrected chi connectivity index (χ3v) is 2.51. The maximum absolute atomic E-state index is 11.3. The summed E-state index contributed by atoms with van der Waals surface area (Å²) >= 11 is 0. The van der Waals surface area contributed by atoms with Crippen molar-refractivity contribution in [2.75, 3.05) is 13.9 Å². The zero-order valence-electron chi connectivity index (χ0n) is 9.82. The first-order chi connectivity index (χ1) is 8.54. The Bertz CT molecular complexity index is 521. The number of carbonyl (C=O) groups is 1. The Morgan fingerprint density at radius 2 is 2.05 bits per heavy atom. The molecule has 19 heavy (non-hydrogen) atoms. The van der Waals surface area contributed by atoms with Crippen molar-refractivity contribution in [1.29, 1.82) is 0 Å². The lowest BCUT2D eigenvalue weighted by atomic mass is 10.0. The van der Waals surface area contributed by atoms with Crippen molar-refractivity contribution in [2.24, 2.45) is 5.73 Å². The van der Waals surface area contributed by atoms with Gasteiger partial charge in [0.15, 0.2) is 11.5 Å². The van der Waals surface area contributed by atoms with E-state index in [0.29, 0.717) is 5.75 Å². The summed E-state index contributed by atoms with van der Waals surface area (Å²) < 4.78 is 14.6. The zero-order valence-corrected chi connectivity index (χ0v) is 10.6. The first-order valence-electron chi connectivity index (χ1n) is 4.96. The van der Waals surface area contributed by atoms with Gasteiger partial charge in [-0.25, -0.2) is 4.79 Å². The van der Waals surface area contributed by atoms with Gasteiger partial charge in [0.2, 0.25) is 6.79 Å². The fraction of sp³-hybridized carbons (Fsp3) is 0.300. The van der Waals surface area contributed by atoms with Crippen molar-refractivity contribution in [3.63, 3.8) is 0 Å². The average Bonchev–Trinajstić information content (AvgIpc) is 2.82. The van der Waals surface area contributed by atoms with Crippen LogP contribution in [0.1, 0.15) is 11.6 Å². The number of ether oxygens (including phenoxy) is 3. The molecule has 9 heteroatoms. The monoisotopic (exact) mass is 290 g/mol. The number of methoxy groups -OCH3 is 1. The number of nitrogens with zero attached hydrogens (tertiary/aromatic N) is 1. The van der Waals surface area contributed by atoms with E-state index in [1.165, 1.54) is 12.1 Å². The zero-order chi connectivity index (χ0) is 13.3. The van der Waals surface area contributed by atoms with Gasteiger partial charge in [-0.3, -0.25) is 10.1 Å². The highest BCUT2D eigenvalue weighted by molar-refractivity contribution is 5.85. The third-order valence-electron chi connectivity index (χ3n) is 2.51. The highest BCUT2D eigenvalue weighted by atomic mass is 35.5. The second-order valence-corrected chi connectivity index (χ2v) is 3.52. The van der Waals surface area contributed by atoms with Crippen LogP contribution in [0, 0.1) is 10.1 Å². The number of nitrogens with two attached hydrogens (primary N) is 1. The smallest absolute Gasteiger partial charge is 0.327 e. The van der Waals surface area contributed by atoms with E-state index in [2.05, 4.69) is 4.74 Å². The summed E-state index contributed by atoms with van der Waals surface area (Å²) in [5, 5.41) is 10.9. The molecule has 1 aliphatic rings. The maximum Gasteiger partial charge on any atom is 0.327 e. The van der Waals surface area contributed by atoms with Gasteiger partial charge in [0.05, 0.1) is 23.7 Å². The molecule has 2 rings (SSSR count). The molecule has 1 atom stereocenters. The third kappa shape index (κ3) is 2.69. The molecule has 0 aliphatic carbocycles. The molecule has 0 amide bonds. The lowest BCUT2D eigenvalue weighted by Gasteiger charge is -2.10. The molecule has 1 aliphatic heterocycles. The predicted molar refractivity (Wildman–Crippen MR) is 65.4 cm³/mol. The molecule has 8 nitrogen and oxygen atoms in total. The molecular weight excluding hydrogens is 280 g/mol. The van der Waals surface area contributed by atoms with Crippen molar-refractivity contribution >= 4 is 24.1 Å². The van der Waals surface area contributed by atoms with E-state index in [4.69, 9.17) is 15.2 Å². The molecule has 0 unspecified atom stereocenters. The predicted octanol–water partition coefficient (Wildman–Crippen LogP) is 0.918. The highest BCUT2D eigenvalue weighted by Crippen LogP contribution is 2.39. The molecule has 0 radical (unpaired) electrons. The second kappa shape index (κ2) is 5.72. The van der Waals surface area contributed by atoms with Crippen LogP contribution in [0.5, 0.6) is 11.5 Å². The number of carbonyl (C=O) groups excluding carboxylic acids is 1. The van der Waals surface area contributed by atoms with E-state index in [1.807, 2.05) is 0 Å². The molecule has 0 saturated heterocycles. The number of benzene rings is 1. The van der Waals surface area contributed by atoms with Crippen LogP contribution < -0.4 is 15.2 Å². The van der Waals surface area contributed by atoms with Gasteiger partial charge in [0.1, 0.15) is 6.04 Å². The summed E-state index contributed by atoms with van der Waals surface area (Å²) in [7, 11) is 1.15. The van der Waals surface area contributed by atoms with Crippen LogP contribution >= 0.6 is 12.4 Å². The molecule has 0 spiro atoms. The van der Waals surface area contributed by atoms with Crippen LogP contribution in [0.15, 0.2) is 12.1 Å². The minimum atomic E-state index is -1.25.